The van der Waals surface area contributed by atoms with Gasteiger partial charge in [-0.3, -0.25) is 4.98 Å². The molecule has 0 fully saturated rings. The first-order valence-corrected chi connectivity index (χ1v) is 6.45. The first kappa shape index (κ1) is 14.3. The van der Waals surface area contributed by atoms with Crippen molar-refractivity contribution >= 4 is 29.0 Å². The molecule has 1 aromatic heterocycles. The third-order valence-corrected chi connectivity index (χ3v) is 3.17. The Labute approximate surface area is 112 Å². The van der Waals surface area contributed by atoms with E-state index in [1.807, 2.05) is 20.8 Å². The summed E-state index contributed by atoms with van der Waals surface area (Å²) in [4.78, 5) is 8.33. The maximum absolute atomic E-state index is 5.86. The number of nitrogens with zero attached hydrogens (tertiary/aromatic N) is 2. The first-order chi connectivity index (χ1) is 7.99. The molecule has 1 heterocycles. The van der Waals surface area contributed by atoms with Crippen molar-refractivity contribution < 1.29 is 4.74 Å². The summed E-state index contributed by atoms with van der Waals surface area (Å²) in [6.07, 6.45) is 3.25. The normalized spacial score (nSPS) is 11.6. The van der Waals surface area contributed by atoms with Crippen LogP contribution < -0.4 is 10.1 Å². The number of nitrogens with one attached hydrogen (secondary N) is 1. The van der Waals surface area contributed by atoms with E-state index in [4.69, 9.17) is 27.9 Å². The summed E-state index contributed by atoms with van der Waals surface area (Å²) >= 11 is 11.7. The van der Waals surface area contributed by atoms with Crippen LogP contribution in [-0.2, 0) is 0 Å². The zero-order valence-electron chi connectivity index (χ0n) is 10.2. The van der Waals surface area contributed by atoms with Crippen LogP contribution in [0.4, 0.5) is 5.82 Å². The molecule has 0 saturated carbocycles. The summed E-state index contributed by atoms with van der Waals surface area (Å²) in [6, 6.07) is 0. The standard InChI is InChI=1S/C11H17Cl2N3O/c1-8(2)17-10-5-14-4-9(15-10)16-11(3,6-12)7-13/h4-5,8H,6-7H2,1-3H3,(H,15,16). The van der Waals surface area contributed by atoms with Crippen molar-refractivity contribution in [3.63, 3.8) is 0 Å². The molecule has 0 aliphatic carbocycles. The molecule has 1 rings (SSSR count). The molecule has 1 aromatic rings. The third kappa shape index (κ3) is 4.56. The van der Waals surface area contributed by atoms with E-state index in [0.29, 0.717) is 23.5 Å². The molecule has 0 bridgehead atoms. The number of anilines is 1. The van der Waals surface area contributed by atoms with Crippen LogP contribution in [-0.4, -0.2) is 33.4 Å². The van der Waals surface area contributed by atoms with E-state index in [9.17, 15) is 0 Å². The first-order valence-electron chi connectivity index (χ1n) is 5.38. The van der Waals surface area contributed by atoms with Crippen molar-refractivity contribution in [2.75, 3.05) is 17.1 Å². The number of hydrogen-bond donors (Lipinski definition) is 1. The van der Waals surface area contributed by atoms with Gasteiger partial charge < -0.3 is 10.1 Å². The Morgan fingerprint density at radius 2 is 2.00 bits per heavy atom. The average Bonchev–Trinajstić information content (AvgIpc) is 2.28. The lowest BCUT2D eigenvalue weighted by Crippen LogP contribution is -2.39. The van der Waals surface area contributed by atoms with Crippen molar-refractivity contribution in [3.05, 3.63) is 12.4 Å². The highest BCUT2D eigenvalue weighted by atomic mass is 35.5. The molecule has 1 N–H and O–H groups in total. The molecule has 0 aliphatic rings. The molecule has 0 amide bonds. The van der Waals surface area contributed by atoms with Gasteiger partial charge in [0.05, 0.1) is 24.0 Å². The minimum atomic E-state index is -0.408. The summed E-state index contributed by atoms with van der Waals surface area (Å²) in [6.45, 7) is 5.79. The fourth-order valence-corrected chi connectivity index (χ4v) is 1.54. The largest absolute Gasteiger partial charge is 0.474 e. The van der Waals surface area contributed by atoms with Gasteiger partial charge in [0, 0.05) is 11.8 Å². The maximum Gasteiger partial charge on any atom is 0.234 e. The second kappa shape index (κ2) is 6.26. The smallest absolute Gasteiger partial charge is 0.234 e. The van der Waals surface area contributed by atoms with Gasteiger partial charge in [-0.05, 0) is 20.8 Å². The minimum absolute atomic E-state index is 0.0620. The molecule has 0 saturated heterocycles. The van der Waals surface area contributed by atoms with E-state index < -0.39 is 5.54 Å². The van der Waals surface area contributed by atoms with E-state index in [1.54, 1.807) is 12.4 Å². The lowest BCUT2D eigenvalue weighted by Gasteiger charge is -2.26. The van der Waals surface area contributed by atoms with Gasteiger partial charge in [0.1, 0.15) is 5.82 Å². The molecule has 6 heteroatoms. The van der Waals surface area contributed by atoms with E-state index in [-0.39, 0.29) is 6.10 Å². The van der Waals surface area contributed by atoms with Crippen LogP contribution in [0.25, 0.3) is 0 Å². The quantitative estimate of drug-likeness (QED) is 0.813. The summed E-state index contributed by atoms with van der Waals surface area (Å²) in [5, 5.41) is 3.15. The van der Waals surface area contributed by atoms with E-state index in [1.165, 1.54) is 0 Å². The number of halogens is 2. The molecule has 0 aliphatic heterocycles. The fourth-order valence-electron chi connectivity index (χ4n) is 1.12. The predicted molar refractivity (Wildman–Crippen MR) is 71.3 cm³/mol. The number of alkyl halides is 2. The monoisotopic (exact) mass is 277 g/mol. The Bertz CT molecular complexity index is 356. The van der Waals surface area contributed by atoms with E-state index in [0.717, 1.165) is 0 Å². The lowest BCUT2D eigenvalue weighted by atomic mass is 10.1. The van der Waals surface area contributed by atoms with Gasteiger partial charge in [-0.25, -0.2) is 0 Å². The van der Waals surface area contributed by atoms with Gasteiger partial charge in [-0.1, -0.05) is 0 Å². The van der Waals surface area contributed by atoms with Crippen LogP contribution in [0, 0.1) is 0 Å². The van der Waals surface area contributed by atoms with Crippen molar-refractivity contribution in [1.29, 1.82) is 0 Å². The molecule has 4 nitrogen and oxygen atoms in total. The molecule has 0 spiro atoms. The molecule has 96 valence electrons. The topological polar surface area (TPSA) is 47.0 Å². The zero-order chi connectivity index (χ0) is 12.9. The molecule has 0 unspecified atom stereocenters. The van der Waals surface area contributed by atoms with Crippen LogP contribution in [0.5, 0.6) is 5.88 Å². The Hall–Kier alpha value is -0.740. The Morgan fingerprint density at radius 3 is 2.53 bits per heavy atom. The maximum atomic E-state index is 5.86. The number of ether oxygens (including phenoxy) is 1. The number of aromatic nitrogens is 2. The number of rotatable bonds is 6. The van der Waals surface area contributed by atoms with Gasteiger partial charge >= 0.3 is 0 Å². The van der Waals surface area contributed by atoms with Gasteiger partial charge in [0.2, 0.25) is 5.88 Å². The third-order valence-electron chi connectivity index (χ3n) is 1.99. The molecular formula is C11H17Cl2N3O. The SMILES string of the molecule is CC(C)Oc1cncc(NC(C)(CCl)CCl)n1. The Morgan fingerprint density at radius 1 is 1.35 bits per heavy atom. The van der Waals surface area contributed by atoms with Gasteiger partial charge in [-0.2, -0.15) is 4.98 Å². The minimum Gasteiger partial charge on any atom is -0.474 e. The van der Waals surface area contributed by atoms with Gasteiger partial charge in [-0.15, -0.1) is 23.2 Å². The number of hydrogen-bond acceptors (Lipinski definition) is 4. The van der Waals surface area contributed by atoms with E-state index in [2.05, 4.69) is 15.3 Å². The van der Waals surface area contributed by atoms with Crippen LogP contribution in [0.15, 0.2) is 12.4 Å². The van der Waals surface area contributed by atoms with E-state index >= 15 is 0 Å². The fraction of sp³-hybridized carbons (Fsp3) is 0.636. The highest BCUT2D eigenvalue weighted by Gasteiger charge is 2.22. The highest BCUT2D eigenvalue weighted by molar-refractivity contribution is 6.22. The van der Waals surface area contributed by atoms with Gasteiger partial charge in [0.25, 0.3) is 0 Å². The predicted octanol–water partition coefficient (Wildman–Crippen LogP) is 2.91. The summed E-state index contributed by atoms with van der Waals surface area (Å²) < 4.78 is 5.46. The summed E-state index contributed by atoms with van der Waals surface area (Å²) in [5.41, 5.74) is -0.408. The van der Waals surface area contributed by atoms with Crippen molar-refractivity contribution in [2.24, 2.45) is 0 Å². The molecule has 0 aromatic carbocycles. The van der Waals surface area contributed by atoms with Crippen molar-refractivity contribution in [3.8, 4) is 5.88 Å². The average molecular weight is 278 g/mol. The zero-order valence-corrected chi connectivity index (χ0v) is 11.7. The highest BCUT2D eigenvalue weighted by Crippen LogP contribution is 2.18. The molecule has 0 radical (unpaired) electrons. The lowest BCUT2D eigenvalue weighted by molar-refractivity contribution is 0.232. The van der Waals surface area contributed by atoms with Crippen LogP contribution in [0.3, 0.4) is 0 Å². The molecule has 17 heavy (non-hydrogen) atoms. The van der Waals surface area contributed by atoms with Crippen molar-refractivity contribution in [2.45, 2.75) is 32.4 Å². The Balaban J connectivity index is 2.78. The molecule has 0 atom stereocenters. The summed E-state index contributed by atoms with van der Waals surface area (Å²) in [5.74, 6) is 1.85. The molecular weight excluding hydrogens is 261 g/mol. The Kier molecular flexibility index (Phi) is 5.28. The van der Waals surface area contributed by atoms with Crippen LogP contribution in [0.2, 0.25) is 0 Å². The second-order valence-electron chi connectivity index (χ2n) is 4.36. The van der Waals surface area contributed by atoms with Crippen LogP contribution in [0.1, 0.15) is 20.8 Å². The van der Waals surface area contributed by atoms with Crippen LogP contribution >= 0.6 is 23.2 Å². The van der Waals surface area contributed by atoms with Gasteiger partial charge in [0.15, 0.2) is 0 Å². The summed E-state index contributed by atoms with van der Waals surface area (Å²) in [7, 11) is 0. The second-order valence-corrected chi connectivity index (χ2v) is 4.90. The van der Waals surface area contributed by atoms with Crippen molar-refractivity contribution in [1.82, 2.24) is 9.97 Å².